The fourth-order valence-electron chi connectivity index (χ4n) is 1.97. The molecule has 0 unspecified atom stereocenters. The van der Waals surface area contributed by atoms with Crippen molar-refractivity contribution in [2.75, 3.05) is 11.9 Å². The molecule has 1 atom stereocenters. The van der Waals surface area contributed by atoms with Crippen LogP contribution in [0.5, 0.6) is 0 Å². The van der Waals surface area contributed by atoms with E-state index in [1.165, 1.54) is 11.3 Å². The van der Waals surface area contributed by atoms with Crippen LogP contribution < -0.4 is 5.32 Å². The van der Waals surface area contributed by atoms with Gasteiger partial charge in [-0.3, -0.25) is 0 Å². The number of nitrogens with zero attached hydrogens (tertiary/aromatic N) is 1. The van der Waals surface area contributed by atoms with Crippen LogP contribution in [0.3, 0.4) is 0 Å². The van der Waals surface area contributed by atoms with E-state index in [2.05, 4.69) is 25.2 Å². The zero-order valence-electron chi connectivity index (χ0n) is 8.59. The molecule has 0 saturated carbocycles. The fraction of sp³-hybridized carbons (Fsp3) is 0.417. The van der Waals surface area contributed by atoms with Gasteiger partial charge in [-0.25, -0.2) is 0 Å². The van der Waals surface area contributed by atoms with E-state index in [9.17, 15) is 0 Å². The molecule has 1 aromatic rings. The minimum absolute atomic E-state index is 0.197. The minimum atomic E-state index is 0.197. The molecule has 0 fully saturated rings. The molecule has 2 rings (SSSR count). The average Bonchev–Trinajstić information content (AvgIpc) is 2.57. The first-order valence-electron chi connectivity index (χ1n) is 4.98. The number of nitriles is 1. The summed E-state index contributed by atoms with van der Waals surface area (Å²) in [5.74, 6) is 0. The molecule has 0 bridgehead atoms. The molecule has 0 amide bonds. The molecule has 0 aromatic heterocycles. The van der Waals surface area contributed by atoms with Crippen molar-refractivity contribution in [2.45, 2.75) is 25.7 Å². The Bertz CT molecular complexity index is 403. The van der Waals surface area contributed by atoms with Crippen LogP contribution in [-0.2, 0) is 5.41 Å². The molecular formula is C12H14N2. The summed E-state index contributed by atoms with van der Waals surface area (Å²) in [5, 5.41) is 12.2. The summed E-state index contributed by atoms with van der Waals surface area (Å²) in [6, 6.07) is 8.08. The first-order chi connectivity index (χ1) is 6.69. The van der Waals surface area contributed by atoms with Gasteiger partial charge in [0.1, 0.15) is 0 Å². The Labute approximate surface area is 84.6 Å². The first-order valence-corrected chi connectivity index (χ1v) is 4.98. The maximum atomic E-state index is 8.84. The Balaban J connectivity index is 2.53. The van der Waals surface area contributed by atoms with Crippen LogP contribution in [0.2, 0.25) is 0 Å². The third-order valence-corrected chi connectivity index (χ3v) is 3.25. The summed E-state index contributed by atoms with van der Waals surface area (Å²) in [7, 11) is 0. The predicted molar refractivity (Wildman–Crippen MR) is 57.3 cm³/mol. The molecule has 0 spiro atoms. The molecule has 2 heteroatoms. The van der Waals surface area contributed by atoms with Gasteiger partial charge in [0.05, 0.1) is 11.6 Å². The Morgan fingerprint density at radius 2 is 2.36 bits per heavy atom. The Hall–Kier alpha value is -1.49. The lowest BCUT2D eigenvalue weighted by molar-refractivity contribution is 0.504. The van der Waals surface area contributed by atoms with Crippen molar-refractivity contribution in [1.29, 1.82) is 5.26 Å². The minimum Gasteiger partial charge on any atom is -0.384 e. The van der Waals surface area contributed by atoms with Crippen molar-refractivity contribution >= 4 is 5.69 Å². The van der Waals surface area contributed by atoms with Crippen molar-refractivity contribution in [1.82, 2.24) is 0 Å². The Kier molecular flexibility index (Phi) is 1.96. The summed E-state index contributed by atoms with van der Waals surface area (Å²) < 4.78 is 0. The topological polar surface area (TPSA) is 35.8 Å². The molecular weight excluding hydrogens is 172 g/mol. The van der Waals surface area contributed by atoms with Gasteiger partial charge in [0.25, 0.3) is 0 Å². The van der Waals surface area contributed by atoms with Crippen molar-refractivity contribution in [3.8, 4) is 6.07 Å². The van der Waals surface area contributed by atoms with E-state index in [1.807, 2.05) is 18.2 Å². The van der Waals surface area contributed by atoms with Gasteiger partial charge in [-0.15, -0.1) is 0 Å². The summed E-state index contributed by atoms with van der Waals surface area (Å²) >= 11 is 0. The normalized spacial score (nSPS) is 23.8. The lowest BCUT2D eigenvalue weighted by atomic mass is 9.81. The molecule has 0 saturated heterocycles. The molecule has 1 N–H and O–H groups in total. The highest BCUT2D eigenvalue weighted by Gasteiger charge is 2.32. The van der Waals surface area contributed by atoms with Crippen LogP contribution in [0.15, 0.2) is 18.2 Å². The van der Waals surface area contributed by atoms with Crippen LogP contribution in [-0.4, -0.2) is 6.54 Å². The number of benzene rings is 1. The molecule has 0 radical (unpaired) electrons. The SMILES string of the molecule is CC[C@@]1(C)CNc2ccc(C#N)cc21. The number of fused-ring (bicyclic) bond motifs is 1. The van der Waals surface area contributed by atoms with E-state index in [0.29, 0.717) is 0 Å². The summed E-state index contributed by atoms with van der Waals surface area (Å²) in [6.07, 6.45) is 1.10. The number of rotatable bonds is 1. The monoisotopic (exact) mass is 186 g/mol. The van der Waals surface area contributed by atoms with Crippen molar-refractivity contribution in [3.05, 3.63) is 29.3 Å². The number of hydrogen-bond acceptors (Lipinski definition) is 2. The van der Waals surface area contributed by atoms with Gasteiger partial charge in [-0.2, -0.15) is 5.26 Å². The van der Waals surface area contributed by atoms with E-state index in [1.54, 1.807) is 0 Å². The predicted octanol–water partition coefficient (Wildman–Crippen LogP) is 2.65. The highest BCUT2D eigenvalue weighted by Crippen LogP contribution is 2.39. The van der Waals surface area contributed by atoms with Gasteiger partial charge in [0.15, 0.2) is 0 Å². The smallest absolute Gasteiger partial charge is 0.0991 e. The number of nitrogens with one attached hydrogen (secondary N) is 1. The third kappa shape index (κ3) is 1.17. The van der Waals surface area contributed by atoms with E-state index in [-0.39, 0.29) is 5.41 Å². The summed E-state index contributed by atoms with van der Waals surface area (Å²) in [5.41, 5.74) is 3.43. The van der Waals surface area contributed by atoms with E-state index < -0.39 is 0 Å². The highest BCUT2D eigenvalue weighted by molar-refractivity contribution is 5.62. The van der Waals surface area contributed by atoms with Crippen LogP contribution in [0.25, 0.3) is 0 Å². The molecule has 2 nitrogen and oxygen atoms in total. The quantitative estimate of drug-likeness (QED) is 0.731. The lowest BCUT2D eigenvalue weighted by Gasteiger charge is -2.21. The van der Waals surface area contributed by atoms with Crippen LogP contribution in [0.4, 0.5) is 5.69 Å². The van der Waals surface area contributed by atoms with Gasteiger partial charge < -0.3 is 5.32 Å². The molecule has 1 aliphatic rings. The zero-order chi connectivity index (χ0) is 10.2. The summed E-state index contributed by atoms with van der Waals surface area (Å²) in [4.78, 5) is 0. The molecule has 1 aliphatic heterocycles. The van der Waals surface area contributed by atoms with Crippen molar-refractivity contribution in [2.24, 2.45) is 0 Å². The Morgan fingerprint density at radius 3 is 3.00 bits per heavy atom. The van der Waals surface area contributed by atoms with Gasteiger partial charge >= 0.3 is 0 Å². The standard InChI is InChI=1S/C12H14N2/c1-3-12(2)8-14-11-5-4-9(7-13)6-10(11)12/h4-6,14H,3,8H2,1-2H3/t12-/m0/s1. The highest BCUT2D eigenvalue weighted by atomic mass is 14.9. The van der Waals surface area contributed by atoms with Gasteiger partial charge in [-0.05, 0) is 30.2 Å². The van der Waals surface area contributed by atoms with E-state index in [4.69, 9.17) is 5.26 Å². The maximum absolute atomic E-state index is 8.84. The van der Waals surface area contributed by atoms with Crippen LogP contribution in [0, 0.1) is 11.3 Å². The second-order valence-corrected chi connectivity index (χ2v) is 4.14. The summed E-state index contributed by atoms with van der Waals surface area (Å²) in [6.45, 7) is 5.41. The van der Waals surface area contributed by atoms with Crippen LogP contribution >= 0.6 is 0 Å². The Morgan fingerprint density at radius 1 is 1.57 bits per heavy atom. The van der Waals surface area contributed by atoms with E-state index >= 15 is 0 Å². The van der Waals surface area contributed by atoms with E-state index in [0.717, 1.165) is 18.5 Å². The van der Waals surface area contributed by atoms with Gasteiger partial charge in [0, 0.05) is 17.6 Å². The largest absolute Gasteiger partial charge is 0.384 e. The lowest BCUT2D eigenvalue weighted by Crippen LogP contribution is -2.22. The second-order valence-electron chi connectivity index (χ2n) is 4.14. The van der Waals surface area contributed by atoms with Crippen molar-refractivity contribution in [3.63, 3.8) is 0 Å². The zero-order valence-corrected chi connectivity index (χ0v) is 8.59. The second kappa shape index (κ2) is 3.02. The third-order valence-electron chi connectivity index (χ3n) is 3.25. The molecule has 1 aromatic carbocycles. The molecule has 14 heavy (non-hydrogen) atoms. The first kappa shape index (κ1) is 9.08. The number of hydrogen-bond donors (Lipinski definition) is 1. The van der Waals surface area contributed by atoms with Gasteiger partial charge in [-0.1, -0.05) is 13.8 Å². The maximum Gasteiger partial charge on any atom is 0.0991 e. The van der Waals surface area contributed by atoms with Crippen LogP contribution in [0.1, 0.15) is 31.4 Å². The van der Waals surface area contributed by atoms with Gasteiger partial charge in [0.2, 0.25) is 0 Å². The van der Waals surface area contributed by atoms with Crippen molar-refractivity contribution < 1.29 is 0 Å². The number of anilines is 1. The molecule has 1 heterocycles. The molecule has 0 aliphatic carbocycles. The average molecular weight is 186 g/mol. The molecule has 72 valence electrons. The fourth-order valence-corrected chi connectivity index (χ4v) is 1.97.